The molecule has 0 atom stereocenters. The second-order valence-corrected chi connectivity index (χ2v) is 8.14. The molecular weight excluding hydrogens is 390 g/mol. The predicted molar refractivity (Wildman–Crippen MR) is 113 cm³/mol. The molecule has 2 heterocycles. The third-order valence-corrected chi connectivity index (χ3v) is 6.43. The first-order chi connectivity index (χ1) is 14.0. The summed E-state index contributed by atoms with van der Waals surface area (Å²) in [7, 11) is 3.09. The summed E-state index contributed by atoms with van der Waals surface area (Å²) < 4.78 is 12.0. The first-order valence-corrected chi connectivity index (χ1v) is 10.4. The second-order valence-electron chi connectivity index (χ2n) is 7.06. The summed E-state index contributed by atoms with van der Waals surface area (Å²) >= 11 is 1.61. The van der Waals surface area contributed by atoms with Crippen molar-refractivity contribution in [1.82, 2.24) is 9.55 Å². The van der Waals surface area contributed by atoms with Crippen LogP contribution in [0.5, 0.6) is 11.5 Å². The molecule has 8 heteroatoms. The largest absolute Gasteiger partial charge is 0.497 e. The highest BCUT2D eigenvalue weighted by atomic mass is 32.1. The number of carbonyl (C=O) groups is 1. The molecule has 2 aromatic heterocycles. The maximum absolute atomic E-state index is 13.2. The van der Waals surface area contributed by atoms with Crippen LogP contribution in [0.15, 0.2) is 23.0 Å². The molecule has 1 aliphatic rings. The second kappa shape index (κ2) is 7.87. The zero-order valence-corrected chi connectivity index (χ0v) is 17.5. The van der Waals surface area contributed by atoms with Gasteiger partial charge >= 0.3 is 0 Å². The van der Waals surface area contributed by atoms with Gasteiger partial charge in [-0.25, -0.2) is 4.98 Å². The van der Waals surface area contributed by atoms with E-state index in [1.807, 2.05) is 0 Å². The van der Waals surface area contributed by atoms with Crippen LogP contribution in [0, 0.1) is 6.92 Å². The fraction of sp³-hybridized carbons (Fsp3) is 0.381. The third-order valence-electron chi connectivity index (χ3n) is 5.25. The number of nitrogens with one attached hydrogen (secondary N) is 1. The molecule has 1 aliphatic carbocycles. The molecule has 4 rings (SSSR count). The van der Waals surface area contributed by atoms with Gasteiger partial charge in [0, 0.05) is 10.9 Å². The zero-order valence-electron chi connectivity index (χ0n) is 16.7. The smallest absolute Gasteiger partial charge is 0.263 e. The van der Waals surface area contributed by atoms with Crippen LogP contribution in [0.4, 0.5) is 5.69 Å². The Balaban J connectivity index is 1.66. The van der Waals surface area contributed by atoms with Crippen LogP contribution in [0.2, 0.25) is 0 Å². The first kappa shape index (κ1) is 19.4. The van der Waals surface area contributed by atoms with Gasteiger partial charge in [0.15, 0.2) is 0 Å². The number of amides is 1. The predicted octanol–water partition coefficient (Wildman–Crippen LogP) is 3.30. The molecule has 0 aliphatic heterocycles. The van der Waals surface area contributed by atoms with E-state index < -0.39 is 0 Å². The van der Waals surface area contributed by atoms with E-state index in [4.69, 9.17) is 9.47 Å². The number of hydrogen-bond donors (Lipinski definition) is 1. The fourth-order valence-electron chi connectivity index (χ4n) is 3.77. The summed E-state index contributed by atoms with van der Waals surface area (Å²) in [6, 6.07) is 5.15. The van der Waals surface area contributed by atoms with Crippen LogP contribution >= 0.6 is 11.3 Å². The number of hydrogen-bond acceptors (Lipinski definition) is 6. The molecule has 0 fully saturated rings. The molecule has 0 radical (unpaired) electrons. The Morgan fingerprint density at radius 2 is 2.03 bits per heavy atom. The lowest BCUT2D eigenvalue weighted by molar-refractivity contribution is -0.116. The lowest BCUT2D eigenvalue weighted by Crippen LogP contribution is -2.30. The number of benzene rings is 1. The summed E-state index contributed by atoms with van der Waals surface area (Å²) in [6.07, 6.45) is 4.15. The molecule has 152 valence electrons. The number of carbonyl (C=O) groups excluding carboxylic acids is 1. The Morgan fingerprint density at radius 1 is 1.24 bits per heavy atom. The van der Waals surface area contributed by atoms with Crippen molar-refractivity contribution in [3.8, 4) is 11.5 Å². The van der Waals surface area contributed by atoms with Gasteiger partial charge in [0.25, 0.3) is 5.56 Å². The van der Waals surface area contributed by atoms with Crippen LogP contribution in [0.25, 0.3) is 10.2 Å². The minimum atomic E-state index is -0.327. The molecule has 0 bridgehead atoms. The van der Waals surface area contributed by atoms with Crippen LogP contribution in [0.1, 0.15) is 29.1 Å². The average Bonchev–Trinajstić information content (AvgIpc) is 3.09. The number of aryl methyl sites for hydroxylation is 3. The van der Waals surface area contributed by atoms with Gasteiger partial charge in [-0.05, 0) is 50.3 Å². The number of fused-ring (bicyclic) bond motifs is 3. The van der Waals surface area contributed by atoms with Crippen LogP contribution in [-0.4, -0.2) is 29.7 Å². The van der Waals surface area contributed by atoms with Crippen LogP contribution in [0.3, 0.4) is 0 Å². The topological polar surface area (TPSA) is 82.4 Å². The van der Waals surface area contributed by atoms with Crippen molar-refractivity contribution in [1.29, 1.82) is 0 Å². The molecule has 0 saturated heterocycles. The maximum Gasteiger partial charge on any atom is 0.263 e. The Morgan fingerprint density at radius 3 is 2.79 bits per heavy atom. The first-order valence-electron chi connectivity index (χ1n) is 9.55. The molecule has 3 aromatic rings. The van der Waals surface area contributed by atoms with E-state index in [2.05, 4.69) is 10.3 Å². The molecule has 1 aromatic carbocycles. The number of thiophene rings is 1. The van der Waals surface area contributed by atoms with Crippen molar-refractivity contribution in [2.45, 2.75) is 39.2 Å². The lowest BCUT2D eigenvalue weighted by Gasteiger charge is -2.14. The minimum Gasteiger partial charge on any atom is -0.497 e. The van der Waals surface area contributed by atoms with Crippen molar-refractivity contribution in [3.63, 3.8) is 0 Å². The number of ether oxygens (including phenoxy) is 2. The van der Waals surface area contributed by atoms with E-state index in [0.717, 1.165) is 36.1 Å². The minimum absolute atomic E-state index is 0.113. The van der Waals surface area contributed by atoms with Crippen LogP contribution < -0.4 is 20.3 Å². The maximum atomic E-state index is 13.2. The highest BCUT2D eigenvalue weighted by Crippen LogP contribution is 2.34. The lowest BCUT2D eigenvalue weighted by atomic mass is 9.97. The zero-order chi connectivity index (χ0) is 20.5. The van der Waals surface area contributed by atoms with Gasteiger partial charge in [-0.2, -0.15) is 0 Å². The summed E-state index contributed by atoms with van der Waals surface area (Å²) in [5.41, 5.74) is 1.47. The SMILES string of the molecule is COc1ccc(OC)c(NC(=O)Cn2c(C)nc3sc4c(c3c2=O)CCCC4)c1. The third kappa shape index (κ3) is 3.60. The number of methoxy groups -OCH3 is 2. The Labute approximate surface area is 172 Å². The molecule has 0 unspecified atom stereocenters. The van der Waals surface area contributed by atoms with E-state index in [9.17, 15) is 9.59 Å². The molecule has 1 N–H and O–H groups in total. The number of rotatable bonds is 5. The van der Waals surface area contributed by atoms with Crippen molar-refractivity contribution in [2.75, 3.05) is 19.5 Å². The monoisotopic (exact) mass is 413 g/mol. The van der Waals surface area contributed by atoms with E-state index in [1.54, 1.807) is 43.6 Å². The fourth-order valence-corrected chi connectivity index (χ4v) is 5.07. The summed E-state index contributed by atoms with van der Waals surface area (Å²) in [5, 5.41) is 3.50. The highest BCUT2D eigenvalue weighted by molar-refractivity contribution is 7.18. The molecule has 0 saturated carbocycles. The standard InChI is InChI=1S/C21H23N3O4S/c1-12-22-20-19(14-6-4-5-7-17(14)29-20)21(26)24(12)11-18(25)23-15-10-13(27-2)8-9-16(15)28-3/h8-10H,4-7,11H2,1-3H3,(H,23,25). The van der Waals surface area contributed by atoms with Gasteiger partial charge in [-0.15, -0.1) is 11.3 Å². The van der Waals surface area contributed by atoms with Gasteiger partial charge in [0.1, 0.15) is 28.7 Å². The molecular formula is C21H23N3O4S. The van der Waals surface area contributed by atoms with Crippen molar-refractivity contribution in [2.24, 2.45) is 0 Å². The quantitative estimate of drug-likeness (QED) is 0.694. The van der Waals surface area contributed by atoms with Gasteiger partial charge in [-0.3, -0.25) is 14.2 Å². The van der Waals surface area contributed by atoms with Gasteiger partial charge in [0.05, 0.1) is 25.3 Å². The van der Waals surface area contributed by atoms with Crippen molar-refractivity contribution < 1.29 is 14.3 Å². The molecule has 7 nitrogen and oxygen atoms in total. The van der Waals surface area contributed by atoms with E-state index in [-0.39, 0.29) is 18.0 Å². The highest BCUT2D eigenvalue weighted by Gasteiger charge is 2.22. The number of nitrogens with zero attached hydrogens (tertiary/aromatic N) is 2. The molecule has 1 amide bonds. The van der Waals surface area contributed by atoms with E-state index in [0.29, 0.717) is 28.4 Å². The summed E-state index contributed by atoms with van der Waals surface area (Å²) in [4.78, 5) is 32.6. The van der Waals surface area contributed by atoms with E-state index >= 15 is 0 Å². The molecule has 29 heavy (non-hydrogen) atoms. The summed E-state index contributed by atoms with van der Waals surface area (Å²) in [6.45, 7) is 1.65. The Kier molecular flexibility index (Phi) is 5.27. The van der Waals surface area contributed by atoms with Gasteiger partial charge in [-0.1, -0.05) is 0 Å². The number of anilines is 1. The summed E-state index contributed by atoms with van der Waals surface area (Å²) in [5.74, 6) is 1.33. The Bertz CT molecular complexity index is 1150. The van der Waals surface area contributed by atoms with Crippen molar-refractivity contribution >= 4 is 33.1 Å². The molecule has 0 spiro atoms. The van der Waals surface area contributed by atoms with E-state index in [1.165, 1.54) is 16.6 Å². The van der Waals surface area contributed by atoms with Gasteiger partial charge in [0.2, 0.25) is 5.91 Å². The number of aromatic nitrogens is 2. The Hall–Kier alpha value is -2.87. The normalized spacial score (nSPS) is 13.2. The van der Waals surface area contributed by atoms with Crippen molar-refractivity contribution in [3.05, 3.63) is 44.8 Å². The average molecular weight is 413 g/mol. The van der Waals surface area contributed by atoms with Crippen LogP contribution in [-0.2, 0) is 24.2 Å². The van der Waals surface area contributed by atoms with Gasteiger partial charge < -0.3 is 14.8 Å².